The maximum absolute atomic E-state index is 12.9. The summed E-state index contributed by atoms with van der Waals surface area (Å²) in [6.07, 6.45) is 36.3. The number of ether oxygens (including phenoxy) is 4. The minimum absolute atomic E-state index is 0.103. The molecule has 0 aliphatic heterocycles. The van der Waals surface area contributed by atoms with E-state index in [1.165, 1.54) is 116 Å². The maximum Gasteiger partial charge on any atom is 0.472 e. The zero-order valence-corrected chi connectivity index (χ0v) is 53.9. The number of aliphatic hydroxyl groups is 1. The first kappa shape index (κ1) is 79.1. The molecule has 0 aromatic carbocycles. The van der Waals surface area contributed by atoms with Gasteiger partial charge in [0, 0.05) is 25.7 Å². The van der Waals surface area contributed by atoms with E-state index in [9.17, 15) is 43.2 Å². The molecule has 0 aromatic heterocycles. The molecule has 0 radical (unpaired) electrons. The lowest BCUT2D eigenvalue weighted by atomic mass is 10.0. The zero-order valence-electron chi connectivity index (χ0n) is 52.1. The molecule has 0 rings (SSSR count). The number of phosphoric ester groups is 2. The van der Waals surface area contributed by atoms with Crippen LogP contribution >= 0.6 is 15.6 Å². The van der Waals surface area contributed by atoms with Crippen LogP contribution in [0.5, 0.6) is 0 Å². The maximum atomic E-state index is 12.9. The van der Waals surface area contributed by atoms with Gasteiger partial charge in [-0.05, 0) is 37.5 Å². The van der Waals surface area contributed by atoms with Crippen molar-refractivity contribution in [2.45, 2.75) is 323 Å². The van der Waals surface area contributed by atoms with Crippen molar-refractivity contribution in [2.24, 2.45) is 11.8 Å². The minimum Gasteiger partial charge on any atom is -0.462 e. The van der Waals surface area contributed by atoms with Gasteiger partial charge in [-0.15, -0.1) is 0 Å². The molecule has 0 aromatic rings. The molecule has 5 atom stereocenters. The largest absolute Gasteiger partial charge is 0.472 e. The molecule has 0 fully saturated rings. The van der Waals surface area contributed by atoms with Crippen LogP contribution in [-0.4, -0.2) is 96.7 Å². The van der Waals surface area contributed by atoms with Gasteiger partial charge in [0.25, 0.3) is 0 Å². The third kappa shape index (κ3) is 56.9. The normalized spacial score (nSPS) is 14.4. The fourth-order valence-electron chi connectivity index (χ4n) is 9.18. The van der Waals surface area contributed by atoms with Crippen molar-refractivity contribution in [2.75, 3.05) is 39.6 Å². The number of carbonyl (C=O) groups excluding carboxylic acids is 4. The quantitative estimate of drug-likeness (QED) is 0.0222. The highest BCUT2D eigenvalue weighted by Crippen LogP contribution is 2.45. The van der Waals surface area contributed by atoms with Crippen LogP contribution in [0.4, 0.5) is 0 Å². The lowest BCUT2D eigenvalue weighted by molar-refractivity contribution is -0.161. The van der Waals surface area contributed by atoms with Crippen molar-refractivity contribution >= 4 is 39.5 Å². The minimum atomic E-state index is -4.94. The summed E-state index contributed by atoms with van der Waals surface area (Å²) in [6.45, 7) is 9.35. The van der Waals surface area contributed by atoms with Crippen LogP contribution in [0.15, 0.2) is 0 Å². The third-order valence-electron chi connectivity index (χ3n) is 14.2. The summed E-state index contributed by atoms with van der Waals surface area (Å²) in [5.41, 5.74) is 0. The van der Waals surface area contributed by atoms with E-state index in [-0.39, 0.29) is 25.7 Å². The highest BCUT2D eigenvalue weighted by Gasteiger charge is 2.30. The third-order valence-corrected chi connectivity index (χ3v) is 16.1. The molecular weight excluding hydrogens is 1080 g/mol. The summed E-state index contributed by atoms with van der Waals surface area (Å²) in [6, 6.07) is 0. The van der Waals surface area contributed by atoms with E-state index in [2.05, 4.69) is 41.5 Å². The first-order valence-electron chi connectivity index (χ1n) is 32.5. The molecule has 2 unspecified atom stereocenters. The van der Waals surface area contributed by atoms with Crippen molar-refractivity contribution in [1.82, 2.24) is 0 Å². The van der Waals surface area contributed by atoms with Crippen LogP contribution in [0.2, 0.25) is 0 Å². The van der Waals surface area contributed by atoms with Crippen molar-refractivity contribution in [3.63, 3.8) is 0 Å². The Bertz CT molecular complexity index is 1600. The predicted octanol–water partition coefficient (Wildman–Crippen LogP) is 16.9. The molecule has 0 bridgehead atoms. The molecule has 81 heavy (non-hydrogen) atoms. The van der Waals surface area contributed by atoms with Gasteiger partial charge in [-0.25, -0.2) is 9.13 Å². The Morgan fingerprint density at radius 2 is 0.568 bits per heavy atom. The van der Waals surface area contributed by atoms with Gasteiger partial charge in [0.2, 0.25) is 0 Å². The second kappa shape index (κ2) is 54.7. The molecule has 0 spiro atoms. The molecule has 0 heterocycles. The van der Waals surface area contributed by atoms with Crippen LogP contribution in [0.3, 0.4) is 0 Å². The summed E-state index contributed by atoms with van der Waals surface area (Å²) in [5, 5.41) is 10.5. The Kier molecular flexibility index (Phi) is 53.4. The molecule has 17 nitrogen and oxygen atoms in total. The topological polar surface area (TPSA) is 237 Å². The molecule has 480 valence electrons. The monoisotopic (exact) mass is 1200 g/mol. The van der Waals surface area contributed by atoms with E-state index in [1.807, 2.05) is 0 Å². The van der Waals surface area contributed by atoms with Gasteiger partial charge in [-0.3, -0.25) is 37.3 Å². The highest BCUT2D eigenvalue weighted by atomic mass is 31.2. The van der Waals surface area contributed by atoms with Gasteiger partial charge in [0.05, 0.1) is 26.4 Å². The standard InChI is InChI=1S/C62H120O17P2/c1-7-9-11-13-15-17-19-21-27-34-40-46-61(66)78-57(51-73-60(65)45-39-33-28-22-24-30-36-42-54(3)4)52-76-80(68,69)74-48-56(63)49-75-81(70,71)77-53-58(79-62(67)47-41-35-29-23-25-31-37-43-55(5)6)50-72-59(64)44-38-32-26-20-18-16-14-12-10-8-2/h54-58,63H,7-53H2,1-6H3,(H,68,69)(H,70,71)/t56-,57-,58-/m1/s1. The fraction of sp³-hybridized carbons (Fsp3) is 0.935. The average Bonchev–Trinajstić information content (AvgIpc) is 3.42. The molecule has 0 amide bonds. The van der Waals surface area contributed by atoms with Crippen molar-refractivity contribution in [1.29, 1.82) is 0 Å². The van der Waals surface area contributed by atoms with E-state index in [0.29, 0.717) is 37.5 Å². The Labute approximate surface area is 492 Å². The Balaban J connectivity index is 5.24. The Hall–Kier alpha value is -1.94. The van der Waals surface area contributed by atoms with E-state index in [4.69, 9.17) is 37.0 Å². The number of esters is 4. The summed E-state index contributed by atoms with van der Waals surface area (Å²) < 4.78 is 67.9. The van der Waals surface area contributed by atoms with Gasteiger partial charge >= 0.3 is 39.5 Å². The van der Waals surface area contributed by atoms with Crippen LogP contribution in [-0.2, 0) is 65.4 Å². The van der Waals surface area contributed by atoms with E-state index in [1.54, 1.807) is 0 Å². The van der Waals surface area contributed by atoms with Gasteiger partial charge in [0.1, 0.15) is 19.3 Å². The molecular formula is C62H120O17P2. The fourth-order valence-corrected chi connectivity index (χ4v) is 10.8. The Morgan fingerprint density at radius 3 is 0.840 bits per heavy atom. The Morgan fingerprint density at radius 1 is 0.333 bits per heavy atom. The van der Waals surface area contributed by atoms with Crippen LogP contribution in [0.25, 0.3) is 0 Å². The number of rotatable bonds is 61. The van der Waals surface area contributed by atoms with Gasteiger partial charge in [-0.1, -0.05) is 253 Å². The van der Waals surface area contributed by atoms with Gasteiger partial charge in [0.15, 0.2) is 12.2 Å². The van der Waals surface area contributed by atoms with Crippen molar-refractivity contribution in [3.8, 4) is 0 Å². The first-order chi connectivity index (χ1) is 38.9. The van der Waals surface area contributed by atoms with E-state index in [0.717, 1.165) is 96.3 Å². The summed E-state index contributed by atoms with van der Waals surface area (Å²) >= 11 is 0. The molecule has 0 saturated carbocycles. The molecule has 0 aliphatic carbocycles. The van der Waals surface area contributed by atoms with Crippen molar-refractivity contribution < 1.29 is 80.2 Å². The van der Waals surface area contributed by atoms with E-state index >= 15 is 0 Å². The van der Waals surface area contributed by atoms with Crippen LogP contribution in [0, 0.1) is 11.8 Å². The summed E-state index contributed by atoms with van der Waals surface area (Å²) in [5.74, 6) is -0.738. The molecule has 0 aliphatic rings. The number of carbonyl (C=O) groups is 4. The number of hydrogen-bond donors (Lipinski definition) is 3. The number of aliphatic hydroxyl groups excluding tert-OH is 1. The number of unbranched alkanes of at least 4 members (excludes halogenated alkanes) is 31. The average molecular weight is 1200 g/mol. The second-order valence-electron chi connectivity index (χ2n) is 23.4. The zero-order chi connectivity index (χ0) is 60.1. The van der Waals surface area contributed by atoms with Crippen LogP contribution in [0.1, 0.15) is 305 Å². The lowest BCUT2D eigenvalue weighted by Crippen LogP contribution is -2.30. The smallest absolute Gasteiger partial charge is 0.462 e. The SMILES string of the molecule is CCCCCCCCCCCCCC(=O)O[C@H](COC(=O)CCCCCCCCCC(C)C)COP(=O)(O)OC[C@@H](O)COP(=O)(O)OC[C@@H](COC(=O)CCCCCCCCCCCC)OC(=O)CCCCCCCCCC(C)C. The first-order valence-corrected chi connectivity index (χ1v) is 35.5. The second-order valence-corrected chi connectivity index (χ2v) is 26.3. The van der Waals surface area contributed by atoms with Crippen LogP contribution < -0.4 is 0 Å². The highest BCUT2D eigenvalue weighted by molar-refractivity contribution is 7.47. The number of hydrogen-bond acceptors (Lipinski definition) is 15. The van der Waals surface area contributed by atoms with Crippen molar-refractivity contribution in [3.05, 3.63) is 0 Å². The summed E-state index contributed by atoms with van der Waals surface area (Å²) in [4.78, 5) is 72.1. The summed E-state index contributed by atoms with van der Waals surface area (Å²) in [7, 11) is -9.88. The van der Waals surface area contributed by atoms with Gasteiger partial charge < -0.3 is 33.8 Å². The molecule has 0 saturated heterocycles. The molecule has 3 N–H and O–H groups in total. The molecule has 19 heteroatoms. The lowest BCUT2D eigenvalue weighted by Gasteiger charge is -2.21. The van der Waals surface area contributed by atoms with Gasteiger partial charge in [-0.2, -0.15) is 0 Å². The predicted molar refractivity (Wildman–Crippen MR) is 321 cm³/mol. The van der Waals surface area contributed by atoms with E-state index < -0.39 is 97.5 Å². The number of phosphoric acid groups is 2.